The van der Waals surface area contributed by atoms with Gasteiger partial charge in [-0.1, -0.05) is 33.3 Å². The summed E-state index contributed by atoms with van der Waals surface area (Å²) in [5.41, 5.74) is 1.15. The maximum atomic E-state index is 4.83. The summed E-state index contributed by atoms with van der Waals surface area (Å²) in [6, 6.07) is 6.42. The smallest absolute Gasteiger partial charge is 0.128 e. The molecule has 1 aromatic heterocycles. The van der Waals surface area contributed by atoms with Gasteiger partial charge in [-0.2, -0.15) is 0 Å². The minimum atomic E-state index is 0.686. The summed E-state index contributed by atoms with van der Waals surface area (Å²) in [4.78, 5) is 7.29. The molecule has 1 aliphatic rings. The van der Waals surface area contributed by atoms with Crippen LogP contribution in [0.4, 0.5) is 5.82 Å². The molecular formula is C17H29N3. The summed E-state index contributed by atoms with van der Waals surface area (Å²) in [5, 5.41) is 3.47. The predicted octanol–water partition coefficient (Wildman–Crippen LogP) is 3.45. The molecule has 1 atom stereocenters. The van der Waals surface area contributed by atoms with E-state index in [4.69, 9.17) is 4.98 Å². The molecule has 0 amide bonds. The quantitative estimate of drug-likeness (QED) is 0.862. The third kappa shape index (κ3) is 4.48. The number of hydrogen-bond acceptors (Lipinski definition) is 3. The van der Waals surface area contributed by atoms with Gasteiger partial charge in [0.15, 0.2) is 0 Å². The first-order chi connectivity index (χ1) is 9.69. The second-order valence-corrected chi connectivity index (χ2v) is 6.37. The van der Waals surface area contributed by atoms with Crippen molar-refractivity contribution in [1.29, 1.82) is 0 Å². The van der Waals surface area contributed by atoms with E-state index in [1.165, 1.54) is 25.8 Å². The number of hydrogen-bond donors (Lipinski definition) is 1. The van der Waals surface area contributed by atoms with Crippen LogP contribution in [0.1, 0.15) is 45.7 Å². The fraction of sp³-hybridized carbons (Fsp3) is 0.706. The lowest BCUT2D eigenvalue weighted by atomic mass is 9.96. The molecule has 3 nitrogen and oxygen atoms in total. The van der Waals surface area contributed by atoms with Crippen molar-refractivity contribution in [2.45, 2.75) is 46.6 Å². The Balaban J connectivity index is 1.94. The first kappa shape index (κ1) is 15.3. The average Bonchev–Trinajstić information content (AvgIpc) is 2.47. The van der Waals surface area contributed by atoms with Gasteiger partial charge in [-0.15, -0.1) is 0 Å². The van der Waals surface area contributed by atoms with Gasteiger partial charge in [0.25, 0.3) is 0 Å². The van der Waals surface area contributed by atoms with Crippen LogP contribution in [0.25, 0.3) is 0 Å². The zero-order chi connectivity index (χ0) is 14.4. The fourth-order valence-corrected chi connectivity index (χ4v) is 2.84. The first-order valence-corrected chi connectivity index (χ1v) is 8.10. The molecule has 0 aliphatic carbocycles. The summed E-state index contributed by atoms with van der Waals surface area (Å²) >= 11 is 0. The van der Waals surface area contributed by atoms with Gasteiger partial charge in [-0.3, -0.25) is 0 Å². The van der Waals surface area contributed by atoms with E-state index < -0.39 is 0 Å². The van der Waals surface area contributed by atoms with E-state index >= 15 is 0 Å². The van der Waals surface area contributed by atoms with E-state index in [0.29, 0.717) is 5.92 Å². The number of anilines is 1. The van der Waals surface area contributed by atoms with Gasteiger partial charge < -0.3 is 10.2 Å². The monoisotopic (exact) mass is 275 g/mol. The number of pyridine rings is 1. The summed E-state index contributed by atoms with van der Waals surface area (Å²) in [6.07, 6.45) is 3.96. The Morgan fingerprint density at radius 1 is 1.40 bits per heavy atom. The van der Waals surface area contributed by atoms with Crippen molar-refractivity contribution < 1.29 is 0 Å². The van der Waals surface area contributed by atoms with Gasteiger partial charge in [0.05, 0.1) is 5.69 Å². The van der Waals surface area contributed by atoms with Gasteiger partial charge in [0, 0.05) is 19.6 Å². The van der Waals surface area contributed by atoms with Crippen LogP contribution in [0.15, 0.2) is 18.2 Å². The summed E-state index contributed by atoms with van der Waals surface area (Å²) in [6.45, 7) is 11.0. The Morgan fingerprint density at radius 2 is 2.25 bits per heavy atom. The number of rotatable bonds is 6. The molecule has 0 aromatic carbocycles. The summed E-state index contributed by atoms with van der Waals surface area (Å²) in [5.74, 6) is 2.69. The van der Waals surface area contributed by atoms with E-state index in [1.807, 2.05) is 0 Å². The van der Waals surface area contributed by atoms with E-state index in [-0.39, 0.29) is 0 Å². The Hall–Kier alpha value is -1.09. The second-order valence-electron chi connectivity index (χ2n) is 6.37. The Bertz CT molecular complexity index is 403. The van der Waals surface area contributed by atoms with Gasteiger partial charge in [0.2, 0.25) is 0 Å². The third-order valence-corrected chi connectivity index (χ3v) is 4.07. The number of nitrogens with zero attached hydrogens (tertiary/aromatic N) is 2. The van der Waals surface area contributed by atoms with Crippen molar-refractivity contribution in [2.24, 2.45) is 11.8 Å². The standard InChI is InChI=1S/C17H29N3/c1-4-15-7-6-10-20(13-15)17-9-5-8-16(19-17)12-18-11-14(2)3/h5,8-9,14-15,18H,4,6-7,10-13H2,1-3H3. The van der Waals surface area contributed by atoms with Crippen LogP contribution in [0.3, 0.4) is 0 Å². The Labute approximate surface area is 123 Å². The van der Waals surface area contributed by atoms with Crippen molar-refractivity contribution in [1.82, 2.24) is 10.3 Å². The largest absolute Gasteiger partial charge is 0.356 e. The molecule has 0 saturated carbocycles. The number of aromatic nitrogens is 1. The zero-order valence-corrected chi connectivity index (χ0v) is 13.2. The van der Waals surface area contributed by atoms with Crippen molar-refractivity contribution >= 4 is 5.82 Å². The highest BCUT2D eigenvalue weighted by atomic mass is 15.2. The van der Waals surface area contributed by atoms with Crippen molar-refractivity contribution in [3.05, 3.63) is 23.9 Å². The Kier molecular flexibility index (Phi) is 5.84. The molecule has 0 spiro atoms. The van der Waals surface area contributed by atoms with Crippen LogP contribution in [-0.4, -0.2) is 24.6 Å². The summed E-state index contributed by atoms with van der Waals surface area (Å²) in [7, 11) is 0. The third-order valence-electron chi connectivity index (χ3n) is 4.07. The van der Waals surface area contributed by atoms with Crippen LogP contribution in [0.2, 0.25) is 0 Å². The lowest BCUT2D eigenvalue weighted by Gasteiger charge is -2.33. The van der Waals surface area contributed by atoms with Gasteiger partial charge in [-0.25, -0.2) is 4.98 Å². The average molecular weight is 275 g/mol. The minimum absolute atomic E-state index is 0.686. The summed E-state index contributed by atoms with van der Waals surface area (Å²) < 4.78 is 0. The molecule has 2 heterocycles. The first-order valence-electron chi connectivity index (χ1n) is 8.10. The lowest BCUT2D eigenvalue weighted by molar-refractivity contribution is 0.403. The van der Waals surface area contributed by atoms with Crippen LogP contribution in [-0.2, 0) is 6.54 Å². The fourth-order valence-electron chi connectivity index (χ4n) is 2.84. The molecule has 1 aromatic rings. The molecule has 1 N–H and O–H groups in total. The van der Waals surface area contributed by atoms with E-state index in [9.17, 15) is 0 Å². The van der Waals surface area contributed by atoms with Crippen LogP contribution in [0.5, 0.6) is 0 Å². The highest BCUT2D eigenvalue weighted by Gasteiger charge is 2.19. The second kappa shape index (κ2) is 7.63. The number of piperidine rings is 1. The molecule has 20 heavy (non-hydrogen) atoms. The minimum Gasteiger partial charge on any atom is -0.356 e. The lowest BCUT2D eigenvalue weighted by Crippen LogP contribution is -2.35. The van der Waals surface area contributed by atoms with Crippen LogP contribution >= 0.6 is 0 Å². The maximum Gasteiger partial charge on any atom is 0.128 e. The number of nitrogens with one attached hydrogen (secondary N) is 1. The van der Waals surface area contributed by atoms with E-state index in [1.54, 1.807) is 0 Å². The molecule has 0 bridgehead atoms. The molecule has 1 aliphatic heterocycles. The Morgan fingerprint density at radius 3 is 3.00 bits per heavy atom. The highest BCUT2D eigenvalue weighted by Crippen LogP contribution is 2.23. The topological polar surface area (TPSA) is 28.2 Å². The molecule has 112 valence electrons. The molecule has 0 radical (unpaired) electrons. The highest BCUT2D eigenvalue weighted by molar-refractivity contribution is 5.39. The van der Waals surface area contributed by atoms with Gasteiger partial charge >= 0.3 is 0 Å². The van der Waals surface area contributed by atoms with Gasteiger partial charge in [-0.05, 0) is 43.4 Å². The molecule has 2 rings (SSSR count). The SMILES string of the molecule is CCC1CCCN(c2cccc(CNCC(C)C)n2)C1. The van der Waals surface area contributed by atoms with E-state index in [0.717, 1.165) is 37.1 Å². The van der Waals surface area contributed by atoms with E-state index in [2.05, 4.69) is 49.2 Å². The predicted molar refractivity (Wildman–Crippen MR) is 86.0 cm³/mol. The normalized spacial score (nSPS) is 19.6. The van der Waals surface area contributed by atoms with Crippen molar-refractivity contribution in [3.63, 3.8) is 0 Å². The zero-order valence-electron chi connectivity index (χ0n) is 13.2. The molecule has 1 unspecified atom stereocenters. The van der Waals surface area contributed by atoms with Gasteiger partial charge in [0.1, 0.15) is 5.82 Å². The van der Waals surface area contributed by atoms with Crippen molar-refractivity contribution in [2.75, 3.05) is 24.5 Å². The molecule has 3 heteroatoms. The van der Waals surface area contributed by atoms with Crippen LogP contribution in [0, 0.1) is 11.8 Å². The maximum absolute atomic E-state index is 4.83. The van der Waals surface area contributed by atoms with Crippen LogP contribution < -0.4 is 10.2 Å². The molecule has 1 saturated heterocycles. The molecule has 1 fully saturated rings. The molecular weight excluding hydrogens is 246 g/mol. The van der Waals surface area contributed by atoms with Crippen molar-refractivity contribution in [3.8, 4) is 0 Å².